The Morgan fingerprint density at radius 1 is 1.67 bits per heavy atom. The molecule has 1 aromatic rings. The first kappa shape index (κ1) is 5.75. The predicted molar refractivity (Wildman–Crippen MR) is 31.3 cm³/mol. The van der Waals surface area contributed by atoms with E-state index in [2.05, 4.69) is 4.98 Å². The maximum Gasteiger partial charge on any atom is 0.221 e. The van der Waals surface area contributed by atoms with Gasteiger partial charge in [0.15, 0.2) is 6.29 Å². The van der Waals surface area contributed by atoms with E-state index in [1.54, 1.807) is 6.07 Å². The first-order valence-electron chi connectivity index (χ1n) is 2.44. The van der Waals surface area contributed by atoms with Crippen LogP contribution in [0.1, 0.15) is 10.4 Å². The molecule has 3 heteroatoms. The van der Waals surface area contributed by atoms with Crippen molar-refractivity contribution < 1.29 is 9.90 Å². The van der Waals surface area contributed by atoms with Crippen molar-refractivity contribution in [3.05, 3.63) is 23.9 Å². The molecule has 0 aliphatic carbocycles. The second-order valence-corrected chi connectivity index (χ2v) is 1.53. The zero-order chi connectivity index (χ0) is 6.69. The Morgan fingerprint density at radius 3 is 2.89 bits per heavy atom. The molecule has 0 unspecified atom stereocenters. The maximum absolute atomic E-state index is 10.0. The van der Waals surface area contributed by atoms with Crippen LogP contribution in [0.25, 0.3) is 0 Å². The lowest BCUT2D eigenvalue weighted by Crippen LogP contribution is -1.81. The summed E-state index contributed by atoms with van der Waals surface area (Å²) in [5, 5.41) is 8.77. The minimum atomic E-state index is -0.215. The lowest BCUT2D eigenvalue weighted by molar-refractivity contribution is 0.112. The minimum absolute atomic E-state index is 0.215. The molecule has 1 aromatic heterocycles. The number of rotatable bonds is 1. The SMILES string of the molecule is O=Cc1cccnc1O. The molecular formula is C6H5NO2. The highest BCUT2D eigenvalue weighted by molar-refractivity contribution is 5.77. The molecular weight excluding hydrogens is 118 g/mol. The van der Waals surface area contributed by atoms with Crippen LogP contribution in [-0.2, 0) is 0 Å². The highest BCUT2D eigenvalue weighted by Gasteiger charge is 1.95. The van der Waals surface area contributed by atoms with Crippen LogP contribution in [0.5, 0.6) is 5.88 Å². The number of pyridine rings is 1. The highest BCUT2D eigenvalue weighted by atomic mass is 16.3. The van der Waals surface area contributed by atoms with Gasteiger partial charge in [-0.25, -0.2) is 4.98 Å². The minimum Gasteiger partial charge on any atom is -0.493 e. The molecule has 0 amide bonds. The van der Waals surface area contributed by atoms with Crippen molar-refractivity contribution in [2.45, 2.75) is 0 Å². The zero-order valence-corrected chi connectivity index (χ0v) is 4.61. The van der Waals surface area contributed by atoms with E-state index in [1.165, 1.54) is 12.3 Å². The lowest BCUT2D eigenvalue weighted by Gasteiger charge is -1.90. The van der Waals surface area contributed by atoms with E-state index in [-0.39, 0.29) is 11.4 Å². The van der Waals surface area contributed by atoms with Crippen LogP contribution in [0.4, 0.5) is 0 Å². The summed E-state index contributed by atoms with van der Waals surface area (Å²) in [5.74, 6) is -0.215. The Bertz CT molecular complexity index is 222. The number of aromatic nitrogens is 1. The third kappa shape index (κ3) is 1.05. The van der Waals surface area contributed by atoms with E-state index in [1.807, 2.05) is 0 Å². The fourth-order valence-electron chi connectivity index (χ4n) is 0.501. The highest BCUT2D eigenvalue weighted by Crippen LogP contribution is 2.07. The summed E-state index contributed by atoms with van der Waals surface area (Å²) >= 11 is 0. The third-order valence-electron chi connectivity index (χ3n) is 0.944. The summed E-state index contributed by atoms with van der Waals surface area (Å²) in [6.07, 6.45) is 1.98. The van der Waals surface area contributed by atoms with Crippen LogP contribution in [-0.4, -0.2) is 16.4 Å². The average Bonchev–Trinajstić information content (AvgIpc) is 1.89. The van der Waals surface area contributed by atoms with Crippen molar-refractivity contribution in [1.29, 1.82) is 0 Å². The number of carbonyl (C=O) groups excluding carboxylic acids is 1. The van der Waals surface area contributed by atoms with Crippen LogP contribution in [0.3, 0.4) is 0 Å². The molecule has 0 aliphatic heterocycles. The average molecular weight is 123 g/mol. The largest absolute Gasteiger partial charge is 0.493 e. The molecule has 1 N–H and O–H groups in total. The lowest BCUT2D eigenvalue weighted by atomic mass is 10.3. The maximum atomic E-state index is 10.0. The van der Waals surface area contributed by atoms with Crippen LogP contribution in [0, 0.1) is 0 Å². The molecule has 3 nitrogen and oxygen atoms in total. The van der Waals surface area contributed by atoms with Gasteiger partial charge in [0.1, 0.15) is 0 Å². The molecule has 0 atom stereocenters. The van der Waals surface area contributed by atoms with Crippen LogP contribution >= 0.6 is 0 Å². The Morgan fingerprint density at radius 2 is 2.44 bits per heavy atom. The standard InChI is InChI=1S/C6H5NO2/c8-4-5-2-1-3-7-6(5)9/h1-4H,(H,7,9). The summed E-state index contributed by atoms with van der Waals surface area (Å²) in [6, 6.07) is 3.08. The van der Waals surface area contributed by atoms with Crippen LogP contribution < -0.4 is 0 Å². The molecule has 0 radical (unpaired) electrons. The number of aldehydes is 1. The summed E-state index contributed by atoms with van der Waals surface area (Å²) in [4.78, 5) is 13.5. The molecule has 46 valence electrons. The van der Waals surface area contributed by atoms with E-state index in [0.717, 1.165) is 0 Å². The number of hydrogen-bond donors (Lipinski definition) is 1. The molecule has 0 spiro atoms. The number of nitrogens with zero attached hydrogens (tertiary/aromatic N) is 1. The van der Waals surface area contributed by atoms with Gasteiger partial charge < -0.3 is 5.11 Å². The second-order valence-electron chi connectivity index (χ2n) is 1.53. The van der Waals surface area contributed by atoms with Gasteiger partial charge in [0.05, 0.1) is 5.56 Å². The fraction of sp³-hybridized carbons (Fsp3) is 0. The molecule has 0 aliphatic rings. The molecule has 9 heavy (non-hydrogen) atoms. The van der Waals surface area contributed by atoms with Gasteiger partial charge in [-0.2, -0.15) is 0 Å². The van der Waals surface area contributed by atoms with Crippen LogP contribution in [0.2, 0.25) is 0 Å². The van der Waals surface area contributed by atoms with E-state index in [9.17, 15) is 4.79 Å². The Labute approximate surface area is 52.0 Å². The topological polar surface area (TPSA) is 50.2 Å². The smallest absolute Gasteiger partial charge is 0.221 e. The van der Waals surface area contributed by atoms with Crippen molar-refractivity contribution in [2.24, 2.45) is 0 Å². The third-order valence-corrected chi connectivity index (χ3v) is 0.944. The molecule has 1 heterocycles. The van der Waals surface area contributed by atoms with Crippen LogP contribution in [0.15, 0.2) is 18.3 Å². The second kappa shape index (κ2) is 2.26. The Hall–Kier alpha value is -1.38. The summed E-state index contributed by atoms with van der Waals surface area (Å²) in [5.41, 5.74) is 0.220. The van der Waals surface area contributed by atoms with Crippen molar-refractivity contribution >= 4 is 6.29 Å². The Kier molecular flexibility index (Phi) is 1.44. The molecule has 0 bridgehead atoms. The van der Waals surface area contributed by atoms with Gasteiger partial charge in [-0.3, -0.25) is 4.79 Å². The van der Waals surface area contributed by atoms with E-state index < -0.39 is 0 Å². The molecule has 0 saturated carbocycles. The monoisotopic (exact) mass is 123 g/mol. The van der Waals surface area contributed by atoms with Gasteiger partial charge in [-0.15, -0.1) is 0 Å². The summed E-state index contributed by atoms with van der Waals surface area (Å²) in [7, 11) is 0. The van der Waals surface area contributed by atoms with Gasteiger partial charge in [0.2, 0.25) is 5.88 Å². The van der Waals surface area contributed by atoms with Crippen molar-refractivity contribution in [1.82, 2.24) is 4.98 Å². The molecule has 1 rings (SSSR count). The first-order valence-corrected chi connectivity index (χ1v) is 2.44. The van der Waals surface area contributed by atoms with Gasteiger partial charge in [0.25, 0.3) is 0 Å². The Balaban J connectivity index is 3.15. The predicted octanol–water partition coefficient (Wildman–Crippen LogP) is 0.600. The van der Waals surface area contributed by atoms with Crippen molar-refractivity contribution in [2.75, 3.05) is 0 Å². The quantitative estimate of drug-likeness (QED) is 0.556. The summed E-state index contributed by atoms with van der Waals surface area (Å²) in [6.45, 7) is 0. The molecule has 0 fully saturated rings. The van der Waals surface area contributed by atoms with Crippen molar-refractivity contribution in [3.8, 4) is 5.88 Å². The molecule has 0 aromatic carbocycles. The number of hydrogen-bond acceptors (Lipinski definition) is 3. The van der Waals surface area contributed by atoms with Gasteiger partial charge in [0, 0.05) is 6.20 Å². The van der Waals surface area contributed by atoms with E-state index in [0.29, 0.717) is 6.29 Å². The fourth-order valence-corrected chi connectivity index (χ4v) is 0.501. The normalized spacial score (nSPS) is 8.89. The zero-order valence-electron chi connectivity index (χ0n) is 4.61. The van der Waals surface area contributed by atoms with E-state index in [4.69, 9.17) is 5.11 Å². The number of carbonyl (C=O) groups is 1. The molecule has 0 saturated heterocycles. The first-order chi connectivity index (χ1) is 4.34. The van der Waals surface area contributed by atoms with Crippen molar-refractivity contribution in [3.63, 3.8) is 0 Å². The van der Waals surface area contributed by atoms with Gasteiger partial charge >= 0.3 is 0 Å². The summed E-state index contributed by atoms with van der Waals surface area (Å²) < 4.78 is 0. The van der Waals surface area contributed by atoms with Gasteiger partial charge in [-0.1, -0.05) is 0 Å². The van der Waals surface area contributed by atoms with E-state index >= 15 is 0 Å². The van der Waals surface area contributed by atoms with Gasteiger partial charge in [-0.05, 0) is 12.1 Å². The number of aromatic hydroxyl groups is 1.